The predicted octanol–water partition coefficient (Wildman–Crippen LogP) is 3.53. The van der Waals surface area contributed by atoms with E-state index in [1.165, 1.54) is 6.33 Å². The largest absolute Gasteiger partial charge is 0.352 e. The lowest BCUT2D eigenvalue weighted by atomic mass is 10.1. The lowest BCUT2D eigenvalue weighted by molar-refractivity contribution is 0.785. The Kier molecular flexibility index (Phi) is 8.17. The summed E-state index contributed by atoms with van der Waals surface area (Å²) in [6.07, 6.45) is 1.51. The van der Waals surface area contributed by atoms with Crippen LogP contribution in [0.4, 0.5) is 0 Å². The average molecular weight is 497 g/mol. The fraction of sp³-hybridized carbons (Fsp3) is 0.333. The molecule has 27 heavy (non-hydrogen) atoms. The molecule has 0 amide bonds. The number of thiazole rings is 1. The van der Waals surface area contributed by atoms with Crippen LogP contribution in [0.2, 0.25) is 0 Å². The molecule has 1 aromatic carbocycles. The summed E-state index contributed by atoms with van der Waals surface area (Å²) in [6, 6.07) is 8.16. The zero-order chi connectivity index (χ0) is 18.4. The second-order valence-corrected chi connectivity index (χ2v) is 7.08. The molecule has 0 saturated heterocycles. The molecule has 0 spiro atoms. The number of rotatable bonds is 6. The van der Waals surface area contributed by atoms with Gasteiger partial charge < -0.3 is 10.6 Å². The van der Waals surface area contributed by atoms with Crippen molar-refractivity contribution in [3.05, 3.63) is 52.2 Å². The number of hydrogen-bond acceptors (Lipinski definition) is 5. The summed E-state index contributed by atoms with van der Waals surface area (Å²) >= 11 is 1.67. The van der Waals surface area contributed by atoms with Crippen LogP contribution in [0.3, 0.4) is 0 Å². The van der Waals surface area contributed by atoms with Crippen LogP contribution >= 0.6 is 35.3 Å². The number of nitrogens with one attached hydrogen (secondary N) is 3. The number of aromatic amines is 1. The maximum atomic E-state index is 4.63. The summed E-state index contributed by atoms with van der Waals surface area (Å²) in [5, 5.41) is 16.6. The monoisotopic (exact) mass is 497 g/mol. The second kappa shape index (κ2) is 10.4. The van der Waals surface area contributed by atoms with E-state index in [9.17, 15) is 0 Å². The Bertz CT molecular complexity index is 858. The first-order valence-corrected chi connectivity index (χ1v) is 9.37. The van der Waals surface area contributed by atoms with Gasteiger partial charge in [0.15, 0.2) is 11.8 Å². The zero-order valence-electron chi connectivity index (χ0n) is 15.6. The molecule has 0 aliphatic heterocycles. The number of hydrogen-bond donors (Lipinski definition) is 3. The standard InChI is InChI=1S/C18H23N7S.HI/c1-12(2)15-10-26-16(24-15)9-21-18(19-3)20-8-13-5-4-6-14(7-13)17-22-11-23-25-17;/h4-7,10-12H,8-9H2,1-3H3,(H2,19,20,21)(H,22,23,25);1H. The summed E-state index contributed by atoms with van der Waals surface area (Å²) in [7, 11) is 1.77. The van der Waals surface area contributed by atoms with Crippen molar-refractivity contribution >= 4 is 41.3 Å². The molecule has 9 heteroatoms. The molecule has 3 aromatic rings. The summed E-state index contributed by atoms with van der Waals surface area (Å²) in [4.78, 5) is 13.1. The molecule has 0 fully saturated rings. The van der Waals surface area contributed by atoms with E-state index in [1.807, 2.05) is 12.1 Å². The van der Waals surface area contributed by atoms with Gasteiger partial charge in [-0.25, -0.2) is 9.97 Å². The van der Waals surface area contributed by atoms with Crippen molar-refractivity contribution in [1.82, 2.24) is 30.8 Å². The number of guanidine groups is 1. The minimum absolute atomic E-state index is 0. The van der Waals surface area contributed by atoms with Gasteiger partial charge in [0.05, 0.1) is 12.2 Å². The molecule has 0 unspecified atom stereocenters. The van der Waals surface area contributed by atoms with Gasteiger partial charge in [0.2, 0.25) is 0 Å². The van der Waals surface area contributed by atoms with Crippen LogP contribution in [0, 0.1) is 0 Å². The SMILES string of the molecule is CN=C(NCc1cccc(-c2ncn[nH]2)c1)NCc1nc(C(C)C)cs1.I. The minimum Gasteiger partial charge on any atom is -0.352 e. The summed E-state index contributed by atoms with van der Waals surface area (Å²) in [5.41, 5.74) is 3.28. The van der Waals surface area contributed by atoms with Gasteiger partial charge in [-0.2, -0.15) is 5.10 Å². The molecule has 144 valence electrons. The van der Waals surface area contributed by atoms with Crippen molar-refractivity contribution in [1.29, 1.82) is 0 Å². The molecule has 0 saturated carbocycles. The van der Waals surface area contributed by atoms with Crippen LogP contribution in [0.5, 0.6) is 0 Å². The smallest absolute Gasteiger partial charge is 0.191 e. The van der Waals surface area contributed by atoms with E-state index in [0.29, 0.717) is 19.0 Å². The highest BCUT2D eigenvalue weighted by Gasteiger charge is 2.07. The van der Waals surface area contributed by atoms with Crippen LogP contribution in [-0.2, 0) is 13.1 Å². The van der Waals surface area contributed by atoms with E-state index in [2.05, 4.69) is 67.2 Å². The molecule has 0 bridgehead atoms. The van der Waals surface area contributed by atoms with E-state index in [-0.39, 0.29) is 24.0 Å². The van der Waals surface area contributed by atoms with Gasteiger partial charge in [0.25, 0.3) is 0 Å². The Labute approximate surface area is 180 Å². The van der Waals surface area contributed by atoms with Crippen LogP contribution in [0.1, 0.15) is 36.0 Å². The lowest BCUT2D eigenvalue weighted by Crippen LogP contribution is -2.36. The molecular formula is C18H24IN7S. The number of aromatic nitrogens is 4. The molecule has 3 rings (SSSR count). The summed E-state index contributed by atoms with van der Waals surface area (Å²) in [6.45, 7) is 5.63. The molecule has 0 aliphatic rings. The number of halogens is 1. The number of H-pyrrole nitrogens is 1. The average Bonchev–Trinajstić information content (AvgIpc) is 3.34. The third-order valence-electron chi connectivity index (χ3n) is 3.87. The molecule has 0 aliphatic carbocycles. The predicted molar refractivity (Wildman–Crippen MR) is 120 cm³/mol. The number of benzene rings is 1. The molecule has 0 atom stereocenters. The fourth-order valence-electron chi connectivity index (χ4n) is 2.41. The Morgan fingerprint density at radius 3 is 2.74 bits per heavy atom. The molecule has 2 aromatic heterocycles. The van der Waals surface area contributed by atoms with Gasteiger partial charge in [-0.1, -0.05) is 32.0 Å². The highest BCUT2D eigenvalue weighted by molar-refractivity contribution is 14.0. The highest BCUT2D eigenvalue weighted by Crippen LogP contribution is 2.17. The third-order valence-corrected chi connectivity index (χ3v) is 4.73. The minimum atomic E-state index is 0. The molecule has 3 N–H and O–H groups in total. The highest BCUT2D eigenvalue weighted by atomic mass is 127. The lowest BCUT2D eigenvalue weighted by Gasteiger charge is -2.11. The summed E-state index contributed by atoms with van der Waals surface area (Å²) in [5.74, 6) is 1.96. The van der Waals surface area contributed by atoms with Gasteiger partial charge in [0.1, 0.15) is 11.3 Å². The van der Waals surface area contributed by atoms with E-state index < -0.39 is 0 Å². The maximum Gasteiger partial charge on any atom is 0.191 e. The van der Waals surface area contributed by atoms with Crippen LogP contribution in [0.15, 0.2) is 41.0 Å². The van der Waals surface area contributed by atoms with Crippen LogP contribution in [0.25, 0.3) is 11.4 Å². The van der Waals surface area contributed by atoms with Crippen LogP contribution in [-0.4, -0.2) is 33.2 Å². The van der Waals surface area contributed by atoms with E-state index in [1.54, 1.807) is 18.4 Å². The van der Waals surface area contributed by atoms with Gasteiger partial charge in [-0.05, 0) is 17.5 Å². The maximum absolute atomic E-state index is 4.63. The van der Waals surface area contributed by atoms with E-state index >= 15 is 0 Å². The molecule has 0 radical (unpaired) electrons. The third kappa shape index (κ3) is 5.99. The Balaban J connectivity index is 0.00000261. The number of aliphatic imine (C=N–C) groups is 1. The van der Waals surface area contributed by atoms with Crippen molar-refractivity contribution in [2.75, 3.05) is 7.05 Å². The Hall–Kier alpha value is -2.01. The van der Waals surface area contributed by atoms with Gasteiger partial charge in [-0.15, -0.1) is 35.3 Å². The zero-order valence-corrected chi connectivity index (χ0v) is 18.7. The first kappa shape index (κ1) is 21.3. The normalized spacial score (nSPS) is 11.3. The molecule has 2 heterocycles. The molecular weight excluding hydrogens is 473 g/mol. The number of nitrogens with zero attached hydrogens (tertiary/aromatic N) is 4. The summed E-state index contributed by atoms with van der Waals surface area (Å²) < 4.78 is 0. The molecule has 7 nitrogen and oxygen atoms in total. The quantitative estimate of drug-likeness (QED) is 0.276. The van der Waals surface area contributed by atoms with Crippen molar-refractivity contribution in [2.24, 2.45) is 4.99 Å². The first-order valence-electron chi connectivity index (χ1n) is 8.49. The van der Waals surface area contributed by atoms with E-state index in [4.69, 9.17) is 0 Å². The Morgan fingerprint density at radius 2 is 2.07 bits per heavy atom. The van der Waals surface area contributed by atoms with Gasteiger partial charge in [0, 0.05) is 24.5 Å². The van der Waals surface area contributed by atoms with Crippen molar-refractivity contribution in [3.8, 4) is 11.4 Å². The van der Waals surface area contributed by atoms with E-state index in [0.717, 1.165) is 33.6 Å². The Morgan fingerprint density at radius 1 is 1.26 bits per heavy atom. The topological polar surface area (TPSA) is 90.9 Å². The van der Waals surface area contributed by atoms with Crippen molar-refractivity contribution in [2.45, 2.75) is 32.9 Å². The van der Waals surface area contributed by atoms with Gasteiger partial charge >= 0.3 is 0 Å². The fourth-order valence-corrected chi connectivity index (χ4v) is 3.31. The van der Waals surface area contributed by atoms with Gasteiger partial charge in [-0.3, -0.25) is 10.1 Å². The van der Waals surface area contributed by atoms with Crippen molar-refractivity contribution in [3.63, 3.8) is 0 Å². The second-order valence-electron chi connectivity index (χ2n) is 6.13. The van der Waals surface area contributed by atoms with Crippen molar-refractivity contribution < 1.29 is 0 Å². The van der Waals surface area contributed by atoms with Crippen LogP contribution < -0.4 is 10.6 Å². The first-order chi connectivity index (χ1) is 12.7.